The lowest BCUT2D eigenvalue weighted by molar-refractivity contribution is -0.778. The van der Waals surface area contributed by atoms with Crippen LogP contribution in [0, 0.1) is 4.91 Å². The summed E-state index contributed by atoms with van der Waals surface area (Å²) in [5, 5.41) is 44.0. The van der Waals surface area contributed by atoms with Crippen molar-refractivity contribution in [3.63, 3.8) is 0 Å². The first-order valence-electron chi connectivity index (χ1n) is 8.48. The van der Waals surface area contributed by atoms with E-state index in [0.29, 0.717) is 6.54 Å². The second-order valence-electron chi connectivity index (χ2n) is 6.56. The van der Waals surface area contributed by atoms with Gasteiger partial charge in [0.25, 0.3) is 6.23 Å². The number of ether oxygens (including phenoxy) is 1. The molecule has 0 radical (unpaired) electrons. The lowest BCUT2D eigenvalue weighted by atomic mass is 9.97. The molecule has 9 nitrogen and oxygen atoms in total. The van der Waals surface area contributed by atoms with E-state index in [1.54, 1.807) is 23.0 Å². The fourth-order valence-electron chi connectivity index (χ4n) is 3.55. The molecular formula is C16H24N3O6+. The summed E-state index contributed by atoms with van der Waals surface area (Å²) >= 11 is 0. The molecule has 1 aromatic rings. The SMILES string of the molecule is O=NN1CCCC[C@H]1c1ccc[n+]([C@@H]2O[C@H](CO)[C@@H](O)[C@H](O)[C@H]2O)c1. The van der Waals surface area contributed by atoms with Gasteiger partial charge in [0.15, 0.2) is 18.5 Å². The molecule has 3 heterocycles. The maximum Gasteiger partial charge on any atom is 0.292 e. The number of nitroso groups, excluding NO2 is 1. The molecular weight excluding hydrogens is 330 g/mol. The molecule has 3 rings (SSSR count). The van der Waals surface area contributed by atoms with Crippen LogP contribution in [0.3, 0.4) is 0 Å². The molecule has 9 heteroatoms. The molecule has 138 valence electrons. The Morgan fingerprint density at radius 1 is 1.24 bits per heavy atom. The average molecular weight is 354 g/mol. The molecule has 0 amide bonds. The van der Waals surface area contributed by atoms with Crippen molar-refractivity contribution in [1.82, 2.24) is 5.01 Å². The summed E-state index contributed by atoms with van der Waals surface area (Å²) in [4.78, 5) is 11.1. The van der Waals surface area contributed by atoms with E-state index in [1.165, 1.54) is 5.01 Å². The van der Waals surface area contributed by atoms with E-state index in [0.717, 1.165) is 24.8 Å². The Hall–Kier alpha value is -1.65. The molecule has 0 unspecified atom stereocenters. The molecule has 0 aromatic carbocycles. The molecule has 0 aliphatic carbocycles. The highest BCUT2D eigenvalue weighted by atomic mass is 16.6. The summed E-state index contributed by atoms with van der Waals surface area (Å²) in [6.45, 7) is 0.121. The van der Waals surface area contributed by atoms with E-state index >= 15 is 0 Å². The van der Waals surface area contributed by atoms with Gasteiger partial charge >= 0.3 is 0 Å². The molecule has 0 saturated carbocycles. The molecule has 2 saturated heterocycles. The van der Waals surface area contributed by atoms with Crippen LogP contribution >= 0.6 is 0 Å². The highest BCUT2D eigenvalue weighted by Crippen LogP contribution is 2.31. The summed E-state index contributed by atoms with van der Waals surface area (Å²) < 4.78 is 7.14. The third-order valence-corrected chi connectivity index (χ3v) is 4.97. The Morgan fingerprint density at radius 3 is 2.76 bits per heavy atom. The van der Waals surface area contributed by atoms with E-state index < -0.39 is 37.3 Å². The zero-order valence-electron chi connectivity index (χ0n) is 13.8. The van der Waals surface area contributed by atoms with Crippen molar-refractivity contribution in [2.24, 2.45) is 5.29 Å². The molecule has 0 bridgehead atoms. The number of rotatable bonds is 4. The van der Waals surface area contributed by atoms with E-state index in [4.69, 9.17) is 4.74 Å². The van der Waals surface area contributed by atoms with E-state index in [1.807, 2.05) is 6.07 Å². The lowest BCUT2D eigenvalue weighted by Gasteiger charge is -2.37. The largest absolute Gasteiger partial charge is 0.394 e. The topological polar surface area (TPSA) is 127 Å². The number of aromatic nitrogens is 1. The highest BCUT2D eigenvalue weighted by molar-refractivity contribution is 5.12. The quantitative estimate of drug-likeness (QED) is 0.410. The van der Waals surface area contributed by atoms with E-state index in [-0.39, 0.29) is 6.04 Å². The van der Waals surface area contributed by atoms with Crippen LogP contribution in [0.1, 0.15) is 37.1 Å². The predicted molar refractivity (Wildman–Crippen MR) is 84.7 cm³/mol. The van der Waals surface area contributed by atoms with Crippen molar-refractivity contribution >= 4 is 0 Å². The maximum atomic E-state index is 11.1. The van der Waals surface area contributed by atoms with Gasteiger partial charge in [-0.05, 0) is 25.3 Å². The first-order valence-corrected chi connectivity index (χ1v) is 8.48. The summed E-state index contributed by atoms with van der Waals surface area (Å²) in [5.74, 6) is 0. The first-order chi connectivity index (χ1) is 12.1. The van der Waals surface area contributed by atoms with Gasteiger partial charge in [0.05, 0.1) is 17.9 Å². The van der Waals surface area contributed by atoms with Crippen LogP contribution in [0.2, 0.25) is 0 Å². The zero-order chi connectivity index (χ0) is 18.0. The highest BCUT2D eigenvalue weighted by Gasteiger charge is 2.48. The van der Waals surface area contributed by atoms with Gasteiger partial charge in [0.1, 0.15) is 18.3 Å². The van der Waals surface area contributed by atoms with Crippen molar-refractivity contribution in [2.75, 3.05) is 13.2 Å². The molecule has 2 fully saturated rings. The standard InChI is InChI=1S/C16H24N3O6/c20-9-12-13(21)14(22)15(23)16(25-12)18-6-3-4-10(8-18)11-5-1-2-7-19(11)17-24/h3-4,6,8,11-16,20-23H,1-2,5,7,9H2/q+1/t11-,12+,13+,14-,15+,16+/m0/s1. The zero-order valence-corrected chi connectivity index (χ0v) is 13.8. The minimum atomic E-state index is -1.44. The Labute approximate surface area is 145 Å². The van der Waals surface area contributed by atoms with Crippen LogP contribution < -0.4 is 4.57 Å². The van der Waals surface area contributed by atoms with Gasteiger partial charge in [0, 0.05) is 18.2 Å². The molecule has 2 aliphatic heterocycles. The Kier molecular flexibility index (Phi) is 5.60. The number of nitrogens with zero attached hydrogens (tertiary/aromatic N) is 3. The van der Waals surface area contributed by atoms with Gasteiger partial charge in [-0.25, -0.2) is 0 Å². The normalized spacial score (nSPS) is 36.2. The predicted octanol–water partition coefficient (Wildman–Crippen LogP) is -0.845. The number of aliphatic hydroxyl groups excluding tert-OH is 4. The molecule has 1 aromatic heterocycles. The van der Waals surface area contributed by atoms with E-state index in [2.05, 4.69) is 5.29 Å². The van der Waals surface area contributed by atoms with Crippen molar-refractivity contribution in [1.29, 1.82) is 0 Å². The van der Waals surface area contributed by atoms with Crippen molar-refractivity contribution in [2.45, 2.75) is 55.9 Å². The maximum absolute atomic E-state index is 11.1. The number of pyridine rings is 1. The minimum absolute atomic E-state index is 0.149. The second-order valence-corrected chi connectivity index (χ2v) is 6.56. The Bertz CT molecular complexity index is 601. The first kappa shape index (κ1) is 18.2. The van der Waals surface area contributed by atoms with Gasteiger partial charge in [-0.1, -0.05) is 0 Å². The summed E-state index contributed by atoms with van der Waals surface area (Å²) in [6, 6.07) is 3.48. The molecule has 0 spiro atoms. The molecule has 2 aliphatic rings. The number of aliphatic hydroxyl groups is 4. The molecule has 25 heavy (non-hydrogen) atoms. The smallest absolute Gasteiger partial charge is 0.292 e. The Morgan fingerprint density at radius 2 is 2.04 bits per heavy atom. The van der Waals surface area contributed by atoms with Crippen LogP contribution in [0.5, 0.6) is 0 Å². The van der Waals surface area contributed by atoms with Gasteiger partial charge < -0.3 is 25.2 Å². The van der Waals surface area contributed by atoms with Crippen molar-refractivity contribution in [3.05, 3.63) is 35.0 Å². The fourth-order valence-corrected chi connectivity index (χ4v) is 3.55. The number of hydrogen-bond acceptors (Lipinski definition) is 7. The molecule has 4 N–H and O–H groups in total. The van der Waals surface area contributed by atoms with Crippen LogP contribution in [-0.4, -0.2) is 63.0 Å². The van der Waals surface area contributed by atoms with Crippen LogP contribution in [0.25, 0.3) is 0 Å². The van der Waals surface area contributed by atoms with Crippen LogP contribution in [0.4, 0.5) is 0 Å². The number of hydrogen-bond donors (Lipinski definition) is 4. The monoisotopic (exact) mass is 354 g/mol. The van der Waals surface area contributed by atoms with Gasteiger partial charge in [0.2, 0.25) is 0 Å². The fraction of sp³-hybridized carbons (Fsp3) is 0.688. The molecule has 6 atom stereocenters. The Balaban J connectivity index is 1.86. The third kappa shape index (κ3) is 3.51. The van der Waals surface area contributed by atoms with Gasteiger partial charge in [-0.3, -0.25) is 5.01 Å². The van der Waals surface area contributed by atoms with Crippen molar-refractivity contribution < 1.29 is 29.7 Å². The van der Waals surface area contributed by atoms with E-state index in [9.17, 15) is 25.3 Å². The minimum Gasteiger partial charge on any atom is -0.394 e. The summed E-state index contributed by atoms with van der Waals surface area (Å²) in [7, 11) is 0. The third-order valence-electron chi connectivity index (χ3n) is 4.97. The average Bonchev–Trinajstić information content (AvgIpc) is 2.66. The summed E-state index contributed by atoms with van der Waals surface area (Å²) in [5.41, 5.74) is 0.846. The van der Waals surface area contributed by atoms with Gasteiger partial charge in [-0.15, -0.1) is 4.91 Å². The lowest BCUT2D eigenvalue weighted by Crippen LogP contribution is -2.62. The van der Waals surface area contributed by atoms with Crippen LogP contribution in [-0.2, 0) is 4.74 Å². The van der Waals surface area contributed by atoms with Crippen molar-refractivity contribution in [3.8, 4) is 0 Å². The van der Waals surface area contributed by atoms with Gasteiger partial charge in [-0.2, -0.15) is 4.57 Å². The summed E-state index contributed by atoms with van der Waals surface area (Å²) in [6.07, 6.45) is -0.0110. The number of piperidine rings is 1. The van der Waals surface area contributed by atoms with Crippen LogP contribution in [0.15, 0.2) is 29.8 Å². The second kappa shape index (κ2) is 7.71.